The van der Waals surface area contributed by atoms with Crippen molar-refractivity contribution < 1.29 is 28.2 Å². The monoisotopic (exact) mass is 399 g/mol. The number of hydrogen-bond acceptors (Lipinski definition) is 7. The fraction of sp³-hybridized carbons (Fsp3) is 0.250. The van der Waals surface area contributed by atoms with E-state index in [1.54, 1.807) is 24.3 Å². The fourth-order valence-corrected chi connectivity index (χ4v) is 3.11. The third-order valence-electron chi connectivity index (χ3n) is 4.64. The van der Waals surface area contributed by atoms with Crippen LogP contribution in [0.4, 0.5) is 4.39 Å². The molecule has 0 aliphatic carbocycles. The predicted molar refractivity (Wildman–Crippen MR) is 102 cm³/mol. The van der Waals surface area contributed by atoms with E-state index in [0.717, 1.165) is 5.56 Å². The van der Waals surface area contributed by atoms with Crippen LogP contribution in [-0.2, 0) is 9.63 Å². The molecule has 0 saturated carbocycles. The van der Waals surface area contributed by atoms with Crippen LogP contribution in [0.15, 0.2) is 46.7 Å². The molecule has 1 N–H and O–H groups in total. The quantitative estimate of drug-likeness (QED) is 0.617. The molecule has 9 heteroatoms. The summed E-state index contributed by atoms with van der Waals surface area (Å²) in [6, 6.07) is 9.28. The predicted octanol–water partition coefficient (Wildman–Crippen LogP) is 2.78. The fourth-order valence-electron chi connectivity index (χ4n) is 3.11. The Bertz CT molecular complexity index is 990. The topological polar surface area (TPSA) is 90.7 Å². The third-order valence-corrected chi connectivity index (χ3v) is 4.64. The van der Waals surface area contributed by atoms with Gasteiger partial charge in [0.25, 0.3) is 5.91 Å². The molecule has 0 spiro atoms. The number of ether oxygens (including phenoxy) is 3. The molecule has 2 heterocycles. The maximum atomic E-state index is 12.9. The standard InChI is InChI=1S/C20H18FN3O5/c1-11-17(20(25)23-22-9-12-3-5-14(21)6-4-12)24-29-18(11)13-7-15(26-2)19-16(8-13)27-10-28-19/h3-9,11,18H,10H2,1-2H3,(H,23,25)/b22-9-/t11-,18+/m0/s1. The lowest BCUT2D eigenvalue weighted by atomic mass is 9.93. The molecule has 0 aromatic heterocycles. The Morgan fingerprint density at radius 3 is 2.86 bits per heavy atom. The molecule has 0 saturated heterocycles. The second kappa shape index (κ2) is 7.78. The Morgan fingerprint density at radius 1 is 1.31 bits per heavy atom. The third kappa shape index (κ3) is 3.71. The normalized spacial score (nSPS) is 19.8. The van der Waals surface area contributed by atoms with E-state index in [9.17, 15) is 9.18 Å². The molecule has 0 radical (unpaired) electrons. The molecule has 0 fully saturated rings. The molecule has 1 amide bonds. The van der Waals surface area contributed by atoms with Crippen molar-refractivity contribution in [3.05, 3.63) is 53.3 Å². The number of fused-ring (bicyclic) bond motifs is 1. The summed E-state index contributed by atoms with van der Waals surface area (Å²) in [5.74, 6) is 0.455. The molecule has 0 bridgehead atoms. The van der Waals surface area contributed by atoms with Crippen LogP contribution in [0.2, 0.25) is 0 Å². The van der Waals surface area contributed by atoms with Crippen LogP contribution in [0, 0.1) is 11.7 Å². The summed E-state index contributed by atoms with van der Waals surface area (Å²) in [7, 11) is 1.54. The number of hydrazone groups is 1. The van der Waals surface area contributed by atoms with Gasteiger partial charge in [0.1, 0.15) is 5.82 Å². The van der Waals surface area contributed by atoms with Gasteiger partial charge in [-0.25, -0.2) is 9.82 Å². The summed E-state index contributed by atoms with van der Waals surface area (Å²) in [5.41, 5.74) is 4.02. The highest BCUT2D eigenvalue weighted by molar-refractivity contribution is 6.39. The van der Waals surface area contributed by atoms with E-state index in [-0.39, 0.29) is 24.2 Å². The zero-order valence-corrected chi connectivity index (χ0v) is 15.7. The number of halogens is 1. The lowest BCUT2D eigenvalue weighted by Gasteiger charge is -2.16. The van der Waals surface area contributed by atoms with E-state index in [0.29, 0.717) is 22.8 Å². The first kappa shape index (κ1) is 18.7. The molecule has 2 aromatic carbocycles. The first-order valence-corrected chi connectivity index (χ1v) is 8.87. The van der Waals surface area contributed by atoms with Crippen molar-refractivity contribution in [1.82, 2.24) is 5.43 Å². The van der Waals surface area contributed by atoms with Gasteiger partial charge >= 0.3 is 0 Å². The largest absolute Gasteiger partial charge is 0.493 e. The molecule has 2 aromatic rings. The molecule has 0 unspecified atom stereocenters. The summed E-state index contributed by atoms with van der Waals surface area (Å²) >= 11 is 0. The van der Waals surface area contributed by atoms with Gasteiger partial charge in [-0.1, -0.05) is 24.2 Å². The lowest BCUT2D eigenvalue weighted by Crippen LogP contribution is -2.31. The van der Waals surface area contributed by atoms with E-state index in [1.165, 1.54) is 25.5 Å². The van der Waals surface area contributed by atoms with Crippen LogP contribution in [0.5, 0.6) is 17.2 Å². The van der Waals surface area contributed by atoms with Gasteiger partial charge in [0.2, 0.25) is 12.5 Å². The van der Waals surface area contributed by atoms with Crippen LogP contribution in [-0.4, -0.2) is 31.7 Å². The van der Waals surface area contributed by atoms with Gasteiger partial charge in [0.05, 0.1) is 19.2 Å². The second-order valence-electron chi connectivity index (χ2n) is 6.50. The van der Waals surface area contributed by atoms with Crippen LogP contribution >= 0.6 is 0 Å². The minimum absolute atomic E-state index is 0.117. The number of rotatable bonds is 5. The van der Waals surface area contributed by atoms with Crippen LogP contribution in [0.25, 0.3) is 0 Å². The number of hydrogen-bond donors (Lipinski definition) is 1. The number of methoxy groups -OCH3 is 1. The zero-order valence-electron chi connectivity index (χ0n) is 15.7. The van der Waals surface area contributed by atoms with Crippen molar-refractivity contribution >= 4 is 17.8 Å². The average Bonchev–Trinajstić information content (AvgIpc) is 3.35. The Kier molecular flexibility index (Phi) is 5.03. The SMILES string of the molecule is COc1cc([C@@H]2ON=C(C(=O)N/N=C\c3ccc(F)cc3)[C@@H]2C)cc2c1OCO2. The number of nitrogens with zero attached hydrogens (tertiary/aromatic N) is 2. The van der Waals surface area contributed by atoms with Gasteiger partial charge < -0.3 is 19.0 Å². The molecule has 8 nitrogen and oxygen atoms in total. The van der Waals surface area contributed by atoms with Crippen molar-refractivity contribution in [2.75, 3.05) is 13.9 Å². The number of carbonyl (C=O) groups excluding carboxylic acids is 1. The zero-order chi connectivity index (χ0) is 20.4. The molecule has 29 heavy (non-hydrogen) atoms. The summed E-state index contributed by atoms with van der Waals surface area (Å²) in [6.07, 6.45) is 0.929. The Labute approximate surface area is 165 Å². The van der Waals surface area contributed by atoms with Crippen molar-refractivity contribution in [1.29, 1.82) is 0 Å². The van der Waals surface area contributed by atoms with E-state index in [4.69, 9.17) is 19.0 Å². The summed E-state index contributed by atoms with van der Waals surface area (Å²) in [4.78, 5) is 17.9. The Hall–Kier alpha value is -3.62. The highest BCUT2D eigenvalue weighted by Gasteiger charge is 2.37. The van der Waals surface area contributed by atoms with Crippen molar-refractivity contribution in [3.63, 3.8) is 0 Å². The number of benzene rings is 2. The van der Waals surface area contributed by atoms with E-state index < -0.39 is 12.0 Å². The van der Waals surface area contributed by atoms with Gasteiger partial charge in [-0.3, -0.25) is 4.79 Å². The number of carbonyl (C=O) groups is 1. The number of amides is 1. The smallest absolute Gasteiger partial charge is 0.289 e. The molecule has 150 valence electrons. The second-order valence-corrected chi connectivity index (χ2v) is 6.50. The maximum Gasteiger partial charge on any atom is 0.289 e. The van der Waals surface area contributed by atoms with E-state index in [2.05, 4.69) is 15.7 Å². The van der Waals surface area contributed by atoms with E-state index >= 15 is 0 Å². The number of oxime groups is 1. The van der Waals surface area contributed by atoms with E-state index in [1.807, 2.05) is 6.92 Å². The Morgan fingerprint density at radius 2 is 2.10 bits per heavy atom. The molecule has 2 aliphatic rings. The minimum atomic E-state index is -0.486. The highest BCUT2D eigenvalue weighted by Crippen LogP contribution is 2.45. The van der Waals surface area contributed by atoms with Gasteiger partial charge in [-0.05, 0) is 29.8 Å². The average molecular weight is 399 g/mol. The summed E-state index contributed by atoms with van der Waals surface area (Å²) in [6.45, 7) is 1.95. The number of nitrogens with one attached hydrogen (secondary N) is 1. The summed E-state index contributed by atoms with van der Waals surface area (Å²) in [5, 5.41) is 7.81. The molecule has 4 rings (SSSR count). The van der Waals surface area contributed by atoms with Crippen molar-refractivity contribution in [2.24, 2.45) is 16.2 Å². The van der Waals surface area contributed by atoms with Crippen molar-refractivity contribution in [2.45, 2.75) is 13.0 Å². The molecule has 2 aliphatic heterocycles. The minimum Gasteiger partial charge on any atom is -0.493 e. The lowest BCUT2D eigenvalue weighted by molar-refractivity contribution is -0.115. The first-order chi connectivity index (χ1) is 14.1. The van der Waals surface area contributed by atoms with Crippen LogP contribution < -0.4 is 19.6 Å². The molecule has 2 atom stereocenters. The molecular formula is C20H18FN3O5. The van der Waals surface area contributed by atoms with Gasteiger partial charge in [0, 0.05) is 5.56 Å². The van der Waals surface area contributed by atoms with Crippen LogP contribution in [0.3, 0.4) is 0 Å². The van der Waals surface area contributed by atoms with Crippen molar-refractivity contribution in [3.8, 4) is 17.2 Å². The Balaban J connectivity index is 1.44. The first-order valence-electron chi connectivity index (χ1n) is 8.87. The summed E-state index contributed by atoms with van der Waals surface area (Å²) < 4.78 is 29.1. The van der Waals surface area contributed by atoms with Gasteiger partial charge in [0.15, 0.2) is 23.3 Å². The maximum absolute atomic E-state index is 12.9. The molecular weight excluding hydrogens is 381 g/mol. The van der Waals surface area contributed by atoms with Gasteiger partial charge in [-0.2, -0.15) is 5.10 Å². The highest BCUT2D eigenvalue weighted by atomic mass is 19.1. The van der Waals surface area contributed by atoms with Gasteiger partial charge in [-0.15, -0.1) is 0 Å². The van der Waals surface area contributed by atoms with Crippen LogP contribution in [0.1, 0.15) is 24.2 Å².